The van der Waals surface area contributed by atoms with Gasteiger partial charge < -0.3 is 0 Å². The van der Waals surface area contributed by atoms with Crippen molar-refractivity contribution in [2.24, 2.45) is 0 Å². The minimum atomic E-state index is -5.18. The van der Waals surface area contributed by atoms with E-state index in [1.165, 1.54) is 6.07 Å². The summed E-state index contributed by atoms with van der Waals surface area (Å²) in [5, 5.41) is 16.6. The molecule has 0 spiro atoms. The molecule has 0 saturated heterocycles. The highest BCUT2D eigenvalue weighted by Gasteiger charge is 2.40. The second-order valence-corrected chi connectivity index (χ2v) is 2.86. The van der Waals surface area contributed by atoms with Gasteiger partial charge in [0.05, 0.1) is 18.1 Å². The van der Waals surface area contributed by atoms with Crippen LogP contribution >= 0.6 is 0 Å². The number of nitriles is 2. The average Bonchev–Trinajstić information content (AvgIpc) is 2.21. The van der Waals surface area contributed by atoms with Crippen LogP contribution in [0.15, 0.2) is 0 Å². The van der Waals surface area contributed by atoms with Gasteiger partial charge in [0.1, 0.15) is 17.4 Å². The summed E-state index contributed by atoms with van der Waals surface area (Å²) in [6, 6.07) is 2.27. The molecule has 0 amide bonds. The van der Waals surface area contributed by atoms with Crippen molar-refractivity contribution in [3.63, 3.8) is 0 Å². The number of aromatic nitrogens is 1. The monoisotopic (exact) mass is 247 g/mol. The summed E-state index contributed by atoms with van der Waals surface area (Å²) in [5.41, 5.74) is -4.44. The molecule has 0 aliphatic carbocycles. The lowest BCUT2D eigenvalue weighted by atomic mass is 10.1. The van der Waals surface area contributed by atoms with E-state index >= 15 is 0 Å². The van der Waals surface area contributed by atoms with Crippen molar-refractivity contribution < 1.29 is 22.0 Å². The smallest absolute Gasteiger partial charge is 0.208 e. The molecule has 0 aliphatic rings. The van der Waals surface area contributed by atoms with E-state index < -0.39 is 41.2 Å². The molecule has 0 aromatic carbocycles. The molecule has 17 heavy (non-hydrogen) atoms. The zero-order valence-electron chi connectivity index (χ0n) is 7.94. The standard InChI is InChI=1S/C9H2F5N3/c10-7-4(1-2-15)8(11)17-5(3-16)6(7)9(12,13)14/h1H2. The predicted molar refractivity (Wildman–Crippen MR) is 43.2 cm³/mol. The van der Waals surface area contributed by atoms with Crippen LogP contribution in [0.25, 0.3) is 0 Å². The van der Waals surface area contributed by atoms with Gasteiger partial charge in [-0.3, -0.25) is 0 Å². The quantitative estimate of drug-likeness (QED) is 0.565. The number of rotatable bonds is 1. The molecule has 1 aromatic rings. The van der Waals surface area contributed by atoms with E-state index in [0.29, 0.717) is 0 Å². The topological polar surface area (TPSA) is 60.5 Å². The Labute approximate surface area is 91.7 Å². The van der Waals surface area contributed by atoms with Crippen LogP contribution in [0.1, 0.15) is 16.8 Å². The van der Waals surface area contributed by atoms with Crippen LogP contribution in [-0.2, 0) is 12.6 Å². The Balaban J connectivity index is 3.65. The maximum atomic E-state index is 13.4. The Morgan fingerprint density at radius 3 is 2.18 bits per heavy atom. The van der Waals surface area contributed by atoms with E-state index in [1.54, 1.807) is 0 Å². The van der Waals surface area contributed by atoms with Gasteiger partial charge >= 0.3 is 6.18 Å². The largest absolute Gasteiger partial charge is 0.422 e. The third-order valence-corrected chi connectivity index (χ3v) is 1.83. The molecule has 1 heterocycles. The number of pyridine rings is 1. The Morgan fingerprint density at radius 2 is 1.76 bits per heavy atom. The van der Waals surface area contributed by atoms with Gasteiger partial charge in [-0.1, -0.05) is 0 Å². The highest BCUT2D eigenvalue weighted by molar-refractivity contribution is 5.38. The second kappa shape index (κ2) is 4.34. The molecule has 3 nitrogen and oxygen atoms in total. The van der Waals surface area contributed by atoms with E-state index in [-0.39, 0.29) is 0 Å². The molecule has 0 bridgehead atoms. The molecule has 1 rings (SSSR count). The molecule has 0 saturated carbocycles. The van der Waals surface area contributed by atoms with Gasteiger partial charge in [-0.15, -0.1) is 0 Å². The van der Waals surface area contributed by atoms with Gasteiger partial charge in [0.15, 0.2) is 5.69 Å². The van der Waals surface area contributed by atoms with Crippen molar-refractivity contribution in [2.45, 2.75) is 12.6 Å². The SMILES string of the molecule is N#CCc1c(F)nc(C#N)c(C(F)(F)F)c1F. The first-order valence-corrected chi connectivity index (χ1v) is 4.05. The molecule has 1 aromatic heterocycles. The van der Waals surface area contributed by atoms with Crippen LogP contribution in [0.5, 0.6) is 0 Å². The van der Waals surface area contributed by atoms with E-state index in [9.17, 15) is 22.0 Å². The normalized spacial score (nSPS) is 10.8. The summed E-state index contributed by atoms with van der Waals surface area (Å²) in [5.74, 6) is -3.56. The summed E-state index contributed by atoms with van der Waals surface area (Å²) in [6.45, 7) is 0. The minimum Gasteiger partial charge on any atom is -0.208 e. The van der Waals surface area contributed by atoms with Crippen LogP contribution in [0.2, 0.25) is 0 Å². The third-order valence-electron chi connectivity index (χ3n) is 1.83. The lowest BCUT2D eigenvalue weighted by Gasteiger charge is -2.11. The summed E-state index contributed by atoms with van der Waals surface area (Å²) in [4.78, 5) is 2.70. The molecule has 0 radical (unpaired) electrons. The van der Waals surface area contributed by atoms with Crippen molar-refractivity contribution in [2.75, 3.05) is 0 Å². The maximum absolute atomic E-state index is 13.4. The van der Waals surface area contributed by atoms with Gasteiger partial charge in [0.25, 0.3) is 0 Å². The summed E-state index contributed by atoms with van der Waals surface area (Å²) in [7, 11) is 0. The van der Waals surface area contributed by atoms with Crippen molar-refractivity contribution in [3.05, 3.63) is 28.6 Å². The Bertz CT molecular complexity index is 536. The fourth-order valence-corrected chi connectivity index (χ4v) is 1.14. The zero-order chi connectivity index (χ0) is 13.2. The number of hydrogen-bond donors (Lipinski definition) is 0. The molecular weight excluding hydrogens is 245 g/mol. The molecular formula is C9H2F5N3. The van der Waals surface area contributed by atoms with Gasteiger partial charge in [-0.2, -0.15) is 28.1 Å². The van der Waals surface area contributed by atoms with E-state index in [4.69, 9.17) is 10.5 Å². The summed E-state index contributed by atoms with van der Waals surface area (Å²) >= 11 is 0. The summed E-state index contributed by atoms with van der Waals surface area (Å²) in [6.07, 6.45) is -6.08. The van der Waals surface area contributed by atoms with Crippen LogP contribution in [0.4, 0.5) is 22.0 Å². The van der Waals surface area contributed by atoms with E-state index in [2.05, 4.69) is 4.98 Å². The first-order valence-electron chi connectivity index (χ1n) is 4.05. The summed E-state index contributed by atoms with van der Waals surface area (Å²) < 4.78 is 63.6. The minimum absolute atomic E-state index is 0.903. The van der Waals surface area contributed by atoms with Crippen molar-refractivity contribution >= 4 is 0 Å². The van der Waals surface area contributed by atoms with Crippen molar-refractivity contribution in [1.29, 1.82) is 10.5 Å². The molecule has 0 fully saturated rings. The Kier molecular flexibility index (Phi) is 3.28. The number of nitrogens with zero attached hydrogens (tertiary/aromatic N) is 3. The van der Waals surface area contributed by atoms with Crippen LogP contribution in [0, 0.1) is 34.4 Å². The maximum Gasteiger partial charge on any atom is 0.422 e. The van der Waals surface area contributed by atoms with Crippen LogP contribution in [0.3, 0.4) is 0 Å². The molecule has 88 valence electrons. The number of hydrogen-bond acceptors (Lipinski definition) is 3. The van der Waals surface area contributed by atoms with Crippen molar-refractivity contribution in [1.82, 2.24) is 4.98 Å². The predicted octanol–water partition coefficient (Wildman–Crippen LogP) is 2.32. The van der Waals surface area contributed by atoms with Gasteiger partial charge in [0.2, 0.25) is 5.95 Å². The van der Waals surface area contributed by atoms with E-state index in [0.717, 1.165) is 6.07 Å². The lowest BCUT2D eigenvalue weighted by Crippen LogP contribution is -2.16. The lowest BCUT2D eigenvalue weighted by molar-refractivity contribution is -0.140. The van der Waals surface area contributed by atoms with Crippen LogP contribution in [-0.4, -0.2) is 4.98 Å². The first kappa shape index (κ1) is 12.8. The highest BCUT2D eigenvalue weighted by atomic mass is 19.4. The fourth-order valence-electron chi connectivity index (χ4n) is 1.14. The number of halogens is 5. The molecule has 0 unspecified atom stereocenters. The average molecular weight is 247 g/mol. The second-order valence-electron chi connectivity index (χ2n) is 2.86. The Morgan fingerprint density at radius 1 is 1.18 bits per heavy atom. The molecule has 0 atom stereocenters. The van der Waals surface area contributed by atoms with Crippen LogP contribution < -0.4 is 0 Å². The zero-order valence-corrected chi connectivity index (χ0v) is 7.94. The molecule has 0 aliphatic heterocycles. The first-order chi connectivity index (χ1) is 7.82. The van der Waals surface area contributed by atoms with Gasteiger partial charge in [0, 0.05) is 0 Å². The highest BCUT2D eigenvalue weighted by Crippen LogP contribution is 2.34. The fraction of sp³-hybridized carbons (Fsp3) is 0.222. The molecule has 0 N–H and O–H groups in total. The molecule has 8 heteroatoms. The van der Waals surface area contributed by atoms with Crippen molar-refractivity contribution in [3.8, 4) is 12.1 Å². The third kappa shape index (κ3) is 2.31. The van der Waals surface area contributed by atoms with E-state index in [1.807, 2.05) is 0 Å². The van der Waals surface area contributed by atoms with Gasteiger partial charge in [-0.25, -0.2) is 9.37 Å². The number of alkyl halides is 3. The van der Waals surface area contributed by atoms with Gasteiger partial charge in [-0.05, 0) is 0 Å². The Hall–Kier alpha value is -2.22.